The molecule has 0 radical (unpaired) electrons. The van der Waals surface area contributed by atoms with Gasteiger partial charge >= 0.3 is 0 Å². The number of fused-ring (bicyclic) bond motifs is 1. The summed E-state index contributed by atoms with van der Waals surface area (Å²) in [6, 6.07) is 7.82. The van der Waals surface area contributed by atoms with E-state index < -0.39 is 17.2 Å². The average Bonchev–Trinajstić information content (AvgIpc) is 2.79. The molecule has 1 aliphatic heterocycles. The van der Waals surface area contributed by atoms with Crippen molar-refractivity contribution in [3.8, 4) is 5.75 Å². The van der Waals surface area contributed by atoms with Crippen LogP contribution in [0.1, 0.15) is 27.9 Å². The SMILES string of the molecule is CN1CCN(CCCNC(=O)c2c(O)c3ncc(Cc4ccc(F)cc4)cc3[nH]c2=O)CC1. The standard InChI is InChI=1S/C24H28FN5O3/c1-29-9-11-30(12-10-29)8-2-7-26-23(32)20-22(31)21-19(28-24(20)33)14-17(15-27-21)13-16-3-5-18(25)6-4-16/h3-6,14-15H,2,7-13H2,1H3,(H,26,32)(H2,28,31,33). The highest BCUT2D eigenvalue weighted by molar-refractivity contribution is 6.01. The molecule has 0 bridgehead atoms. The van der Waals surface area contributed by atoms with Crippen LogP contribution in [0.5, 0.6) is 5.75 Å². The monoisotopic (exact) mass is 453 g/mol. The molecule has 0 spiro atoms. The van der Waals surface area contributed by atoms with Crippen molar-refractivity contribution in [1.82, 2.24) is 25.1 Å². The van der Waals surface area contributed by atoms with Crippen LogP contribution in [-0.2, 0) is 6.42 Å². The van der Waals surface area contributed by atoms with Gasteiger partial charge < -0.3 is 25.2 Å². The highest BCUT2D eigenvalue weighted by Gasteiger charge is 2.20. The van der Waals surface area contributed by atoms with Crippen molar-refractivity contribution in [3.63, 3.8) is 0 Å². The van der Waals surface area contributed by atoms with Gasteiger partial charge in [-0.25, -0.2) is 4.39 Å². The number of benzene rings is 1. The molecule has 3 heterocycles. The quantitative estimate of drug-likeness (QED) is 0.471. The number of amides is 1. The number of carbonyl (C=O) groups is 1. The minimum Gasteiger partial charge on any atom is -0.505 e. The molecule has 174 valence electrons. The van der Waals surface area contributed by atoms with Crippen LogP contribution in [0.2, 0.25) is 0 Å². The molecular weight excluding hydrogens is 425 g/mol. The summed E-state index contributed by atoms with van der Waals surface area (Å²) in [7, 11) is 2.10. The number of nitrogens with zero attached hydrogens (tertiary/aromatic N) is 3. The van der Waals surface area contributed by atoms with E-state index in [0.717, 1.165) is 50.3 Å². The Bertz CT molecular complexity index is 1190. The van der Waals surface area contributed by atoms with Gasteiger partial charge in [-0.1, -0.05) is 12.1 Å². The Morgan fingerprint density at radius 1 is 1.18 bits per heavy atom. The van der Waals surface area contributed by atoms with Crippen LogP contribution >= 0.6 is 0 Å². The fourth-order valence-electron chi connectivity index (χ4n) is 4.01. The largest absolute Gasteiger partial charge is 0.505 e. The predicted molar refractivity (Wildman–Crippen MR) is 124 cm³/mol. The lowest BCUT2D eigenvalue weighted by atomic mass is 10.1. The Balaban J connectivity index is 1.41. The Morgan fingerprint density at radius 3 is 2.64 bits per heavy atom. The minimum absolute atomic E-state index is 0.153. The van der Waals surface area contributed by atoms with Crippen LogP contribution in [0.3, 0.4) is 0 Å². The van der Waals surface area contributed by atoms with Crippen LogP contribution in [0.4, 0.5) is 4.39 Å². The van der Waals surface area contributed by atoms with Crippen molar-refractivity contribution in [2.45, 2.75) is 12.8 Å². The Labute approximate surface area is 191 Å². The minimum atomic E-state index is -0.669. The molecule has 9 heteroatoms. The third-order valence-corrected chi connectivity index (χ3v) is 5.96. The number of H-pyrrole nitrogens is 1. The van der Waals surface area contributed by atoms with Crippen LogP contribution in [0, 0.1) is 5.82 Å². The highest BCUT2D eigenvalue weighted by Crippen LogP contribution is 2.24. The number of hydrogen-bond donors (Lipinski definition) is 3. The van der Waals surface area contributed by atoms with Crippen LogP contribution in [0.15, 0.2) is 41.3 Å². The van der Waals surface area contributed by atoms with E-state index in [0.29, 0.717) is 18.5 Å². The first-order valence-electron chi connectivity index (χ1n) is 11.1. The molecule has 1 aromatic carbocycles. The van der Waals surface area contributed by atoms with Crippen LogP contribution < -0.4 is 10.9 Å². The fraction of sp³-hybridized carbons (Fsp3) is 0.375. The summed E-state index contributed by atoms with van der Waals surface area (Å²) in [5.74, 6) is -1.36. The summed E-state index contributed by atoms with van der Waals surface area (Å²) in [6.07, 6.45) is 2.82. The molecule has 2 aromatic heterocycles. The van der Waals surface area contributed by atoms with Gasteiger partial charge in [0.15, 0.2) is 5.75 Å². The molecule has 0 aliphatic carbocycles. The summed E-state index contributed by atoms with van der Waals surface area (Å²) < 4.78 is 13.1. The molecule has 33 heavy (non-hydrogen) atoms. The van der Waals surface area contributed by atoms with Crippen LogP contribution in [-0.4, -0.2) is 77.1 Å². The van der Waals surface area contributed by atoms with Crippen molar-refractivity contribution in [2.75, 3.05) is 46.3 Å². The number of piperazine rings is 1. The molecule has 8 nitrogen and oxygen atoms in total. The van der Waals surface area contributed by atoms with Gasteiger partial charge in [-0.15, -0.1) is 0 Å². The first kappa shape index (κ1) is 22.9. The fourth-order valence-corrected chi connectivity index (χ4v) is 4.01. The molecule has 0 unspecified atom stereocenters. The third-order valence-electron chi connectivity index (χ3n) is 5.96. The number of hydrogen-bond acceptors (Lipinski definition) is 6. The number of carbonyl (C=O) groups excluding carboxylic acids is 1. The summed E-state index contributed by atoms with van der Waals surface area (Å²) in [4.78, 5) is 36.7. The second-order valence-electron chi connectivity index (χ2n) is 8.48. The second-order valence-corrected chi connectivity index (χ2v) is 8.48. The molecule has 1 aliphatic rings. The van der Waals surface area contributed by atoms with E-state index in [-0.39, 0.29) is 16.9 Å². The van der Waals surface area contributed by atoms with Gasteiger partial charge in [-0.2, -0.15) is 0 Å². The molecule has 4 rings (SSSR count). The first-order valence-corrected chi connectivity index (χ1v) is 11.1. The number of rotatable bonds is 7. The van der Waals surface area contributed by atoms with E-state index in [1.54, 1.807) is 24.4 Å². The summed E-state index contributed by atoms with van der Waals surface area (Å²) >= 11 is 0. The van der Waals surface area contributed by atoms with E-state index in [1.807, 2.05) is 0 Å². The molecule has 1 saturated heterocycles. The number of aromatic amines is 1. The van der Waals surface area contributed by atoms with Crippen molar-refractivity contribution >= 4 is 16.9 Å². The van der Waals surface area contributed by atoms with Gasteiger partial charge in [0.05, 0.1) is 5.52 Å². The molecule has 0 saturated carbocycles. The van der Waals surface area contributed by atoms with Gasteiger partial charge in [-0.3, -0.25) is 14.6 Å². The second kappa shape index (κ2) is 10.1. The van der Waals surface area contributed by atoms with Crippen molar-refractivity contribution in [2.24, 2.45) is 0 Å². The molecule has 3 N–H and O–H groups in total. The summed E-state index contributed by atoms with van der Waals surface area (Å²) in [6.45, 7) is 5.35. The number of pyridine rings is 2. The lowest BCUT2D eigenvalue weighted by Crippen LogP contribution is -2.45. The maximum absolute atomic E-state index is 13.1. The maximum Gasteiger partial charge on any atom is 0.265 e. The number of likely N-dealkylation sites (N-methyl/N-ethyl adjacent to an activating group) is 1. The number of aromatic nitrogens is 2. The molecule has 1 amide bonds. The van der Waals surface area contributed by atoms with E-state index in [4.69, 9.17) is 0 Å². The Hall–Kier alpha value is -3.30. The highest BCUT2D eigenvalue weighted by atomic mass is 19.1. The van der Waals surface area contributed by atoms with E-state index in [1.165, 1.54) is 12.1 Å². The average molecular weight is 454 g/mol. The zero-order valence-corrected chi connectivity index (χ0v) is 18.6. The molecular formula is C24H28FN5O3. The van der Waals surface area contributed by atoms with Gasteiger partial charge in [0.2, 0.25) is 0 Å². The zero-order chi connectivity index (χ0) is 23.4. The molecule has 1 fully saturated rings. The lowest BCUT2D eigenvalue weighted by Gasteiger charge is -2.32. The summed E-state index contributed by atoms with van der Waals surface area (Å²) in [5.41, 5.74) is 1.16. The van der Waals surface area contributed by atoms with Crippen molar-refractivity contribution < 1.29 is 14.3 Å². The van der Waals surface area contributed by atoms with Crippen molar-refractivity contribution in [3.05, 3.63) is 69.4 Å². The zero-order valence-electron chi connectivity index (χ0n) is 18.6. The normalized spacial score (nSPS) is 15.1. The number of aromatic hydroxyl groups is 1. The number of nitrogens with one attached hydrogen (secondary N) is 2. The lowest BCUT2D eigenvalue weighted by molar-refractivity contribution is 0.0945. The van der Waals surface area contributed by atoms with Gasteiger partial charge in [0.1, 0.15) is 16.9 Å². The van der Waals surface area contributed by atoms with Gasteiger partial charge in [-0.05, 0) is 55.8 Å². The van der Waals surface area contributed by atoms with E-state index in [9.17, 15) is 19.1 Å². The Morgan fingerprint density at radius 2 is 1.91 bits per heavy atom. The maximum atomic E-state index is 13.1. The van der Waals surface area contributed by atoms with Gasteiger partial charge in [0, 0.05) is 38.9 Å². The third kappa shape index (κ3) is 5.55. The Kier molecular flexibility index (Phi) is 7.00. The topological polar surface area (TPSA) is 102 Å². The predicted octanol–water partition coefficient (Wildman–Crippen LogP) is 1.73. The smallest absolute Gasteiger partial charge is 0.265 e. The summed E-state index contributed by atoms with van der Waals surface area (Å²) in [5, 5.41) is 13.3. The van der Waals surface area contributed by atoms with Gasteiger partial charge in [0.25, 0.3) is 11.5 Å². The first-order chi connectivity index (χ1) is 15.9. The molecule has 0 atom stereocenters. The van der Waals surface area contributed by atoms with Crippen molar-refractivity contribution in [1.29, 1.82) is 0 Å². The van der Waals surface area contributed by atoms with Crippen LogP contribution in [0.25, 0.3) is 11.0 Å². The van der Waals surface area contributed by atoms with E-state index in [2.05, 4.69) is 32.1 Å². The molecule has 3 aromatic rings. The number of halogens is 1. The van der Waals surface area contributed by atoms with E-state index >= 15 is 0 Å².